The van der Waals surface area contributed by atoms with Crippen molar-refractivity contribution < 1.29 is 4.39 Å². The molecule has 1 aliphatic carbocycles. The number of nitrogens with one attached hydrogen (secondary N) is 1. The molecule has 0 aromatic carbocycles. The summed E-state index contributed by atoms with van der Waals surface area (Å²) in [6, 6.07) is 0.955. The summed E-state index contributed by atoms with van der Waals surface area (Å²) in [5.41, 5.74) is -0.904. The average molecular weight is 225 g/mol. The molecular formula is C14H24FN. The molecule has 4 unspecified atom stereocenters. The summed E-state index contributed by atoms with van der Waals surface area (Å²) >= 11 is 0. The summed E-state index contributed by atoms with van der Waals surface area (Å²) in [6.07, 6.45) is 9.73. The third kappa shape index (κ3) is 1.79. The quantitative estimate of drug-likeness (QED) is 0.721. The van der Waals surface area contributed by atoms with Gasteiger partial charge >= 0.3 is 0 Å². The summed E-state index contributed by atoms with van der Waals surface area (Å²) in [5.74, 6) is 0.951. The minimum Gasteiger partial charge on any atom is -0.311 e. The molecule has 1 saturated carbocycles. The number of fused-ring (bicyclic) bond motifs is 2. The van der Waals surface area contributed by atoms with Crippen molar-refractivity contribution in [2.75, 3.05) is 0 Å². The third-order valence-corrected chi connectivity index (χ3v) is 5.21. The summed E-state index contributed by atoms with van der Waals surface area (Å²) < 4.78 is 14.8. The first-order valence-corrected chi connectivity index (χ1v) is 7.12. The standard InChI is InChI=1S/C14H24FN/c1-14(15)9-11-7-8-12(16-11)13(14)10-5-3-2-4-6-10/h10-13,16H,2-9H2,1H3. The molecular weight excluding hydrogens is 201 g/mol. The number of rotatable bonds is 1. The van der Waals surface area contributed by atoms with Crippen LogP contribution < -0.4 is 5.32 Å². The van der Waals surface area contributed by atoms with E-state index >= 15 is 0 Å². The minimum atomic E-state index is -0.904. The van der Waals surface area contributed by atoms with Gasteiger partial charge in [-0.1, -0.05) is 32.1 Å². The highest BCUT2D eigenvalue weighted by Crippen LogP contribution is 2.48. The maximum absolute atomic E-state index is 14.8. The second-order valence-electron chi connectivity index (χ2n) is 6.45. The molecule has 92 valence electrons. The van der Waals surface area contributed by atoms with Crippen molar-refractivity contribution in [1.29, 1.82) is 0 Å². The van der Waals surface area contributed by atoms with Gasteiger partial charge in [0.15, 0.2) is 0 Å². The number of alkyl halides is 1. The zero-order valence-corrected chi connectivity index (χ0v) is 10.3. The van der Waals surface area contributed by atoms with Crippen LogP contribution in [0.15, 0.2) is 0 Å². The monoisotopic (exact) mass is 225 g/mol. The van der Waals surface area contributed by atoms with Crippen LogP contribution in [-0.2, 0) is 0 Å². The second-order valence-corrected chi connectivity index (χ2v) is 6.45. The maximum Gasteiger partial charge on any atom is 0.114 e. The van der Waals surface area contributed by atoms with E-state index in [0.29, 0.717) is 23.9 Å². The Balaban J connectivity index is 1.79. The van der Waals surface area contributed by atoms with Crippen molar-refractivity contribution in [3.8, 4) is 0 Å². The van der Waals surface area contributed by atoms with Gasteiger partial charge in [0.2, 0.25) is 0 Å². The third-order valence-electron chi connectivity index (χ3n) is 5.21. The van der Waals surface area contributed by atoms with E-state index in [1.165, 1.54) is 44.9 Å². The molecule has 1 N–H and O–H groups in total. The van der Waals surface area contributed by atoms with Gasteiger partial charge in [-0.2, -0.15) is 0 Å². The molecule has 2 heterocycles. The molecule has 0 spiro atoms. The largest absolute Gasteiger partial charge is 0.311 e. The maximum atomic E-state index is 14.8. The minimum absolute atomic E-state index is 0.298. The van der Waals surface area contributed by atoms with Crippen LogP contribution in [0.5, 0.6) is 0 Å². The van der Waals surface area contributed by atoms with E-state index in [4.69, 9.17) is 0 Å². The van der Waals surface area contributed by atoms with Crippen LogP contribution in [0.4, 0.5) is 4.39 Å². The van der Waals surface area contributed by atoms with E-state index in [0.717, 1.165) is 6.42 Å². The van der Waals surface area contributed by atoms with Gasteiger partial charge in [0, 0.05) is 18.0 Å². The van der Waals surface area contributed by atoms with Gasteiger partial charge in [-0.3, -0.25) is 0 Å². The molecule has 2 aliphatic heterocycles. The van der Waals surface area contributed by atoms with Crippen molar-refractivity contribution in [3.63, 3.8) is 0 Å². The molecule has 2 bridgehead atoms. The Labute approximate surface area is 98.2 Å². The molecule has 0 radical (unpaired) electrons. The van der Waals surface area contributed by atoms with Crippen molar-refractivity contribution in [3.05, 3.63) is 0 Å². The highest BCUT2D eigenvalue weighted by atomic mass is 19.1. The predicted molar refractivity (Wildman–Crippen MR) is 64.1 cm³/mol. The lowest BCUT2D eigenvalue weighted by Crippen LogP contribution is -2.55. The van der Waals surface area contributed by atoms with E-state index in [1.54, 1.807) is 0 Å². The first-order valence-electron chi connectivity index (χ1n) is 7.12. The topological polar surface area (TPSA) is 12.0 Å². The number of halogens is 1. The van der Waals surface area contributed by atoms with Crippen molar-refractivity contribution in [2.45, 2.75) is 76.0 Å². The van der Waals surface area contributed by atoms with Crippen LogP contribution in [0.2, 0.25) is 0 Å². The van der Waals surface area contributed by atoms with E-state index in [9.17, 15) is 4.39 Å². The Morgan fingerprint density at radius 1 is 1.06 bits per heavy atom. The molecule has 16 heavy (non-hydrogen) atoms. The lowest BCUT2D eigenvalue weighted by Gasteiger charge is -2.45. The van der Waals surface area contributed by atoms with Crippen LogP contribution in [0.3, 0.4) is 0 Å². The summed E-state index contributed by atoms with van der Waals surface area (Å²) in [6.45, 7) is 1.87. The lowest BCUT2D eigenvalue weighted by atomic mass is 9.67. The Kier molecular flexibility index (Phi) is 2.73. The summed E-state index contributed by atoms with van der Waals surface area (Å²) in [5, 5.41) is 3.65. The van der Waals surface area contributed by atoms with Crippen LogP contribution in [0.1, 0.15) is 58.3 Å². The highest BCUT2D eigenvalue weighted by Gasteiger charge is 2.51. The van der Waals surface area contributed by atoms with Gasteiger partial charge in [-0.15, -0.1) is 0 Å². The molecule has 0 aromatic heterocycles. The van der Waals surface area contributed by atoms with E-state index in [1.807, 2.05) is 6.92 Å². The average Bonchev–Trinajstić information content (AvgIpc) is 2.62. The fourth-order valence-corrected chi connectivity index (χ4v) is 4.65. The smallest absolute Gasteiger partial charge is 0.114 e. The van der Waals surface area contributed by atoms with Gasteiger partial charge in [0.05, 0.1) is 0 Å². The molecule has 3 rings (SSSR count). The lowest BCUT2D eigenvalue weighted by molar-refractivity contribution is -0.00834. The van der Waals surface area contributed by atoms with Gasteiger partial charge in [0.1, 0.15) is 5.67 Å². The van der Waals surface area contributed by atoms with E-state index in [2.05, 4.69) is 5.32 Å². The summed E-state index contributed by atoms with van der Waals surface area (Å²) in [4.78, 5) is 0. The normalized spacial score (nSPS) is 49.5. The zero-order chi connectivity index (χ0) is 11.2. The molecule has 2 heteroatoms. The van der Waals surface area contributed by atoms with Crippen LogP contribution in [0, 0.1) is 11.8 Å². The van der Waals surface area contributed by atoms with Crippen LogP contribution >= 0.6 is 0 Å². The van der Waals surface area contributed by atoms with Crippen LogP contribution in [0.25, 0.3) is 0 Å². The molecule has 0 amide bonds. The van der Waals surface area contributed by atoms with Gasteiger partial charge in [-0.05, 0) is 32.1 Å². The molecule has 0 aromatic rings. The first-order chi connectivity index (χ1) is 7.67. The number of hydrogen-bond acceptors (Lipinski definition) is 1. The van der Waals surface area contributed by atoms with Gasteiger partial charge in [-0.25, -0.2) is 4.39 Å². The Morgan fingerprint density at radius 3 is 2.56 bits per heavy atom. The van der Waals surface area contributed by atoms with E-state index < -0.39 is 5.67 Å². The molecule has 3 aliphatic rings. The van der Waals surface area contributed by atoms with Crippen LogP contribution in [-0.4, -0.2) is 17.8 Å². The first kappa shape index (κ1) is 11.0. The van der Waals surface area contributed by atoms with Crippen molar-refractivity contribution in [1.82, 2.24) is 5.32 Å². The molecule has 2 saturated heterocycles. The number of hydrogen-bond donors (Lipinski definition) is 1. The Hall–Kier alpha value is -0.110. The number of piperidine rings is 1. The van der Waals surface area contributed by atoms with Crippen molar-refractivity contribution >= 4 is 0 Å². The Morgan fingerprint density at radius 2 is 1.81 bits per heavy atom. The zero-order valence-electron chi connectivity index (χ0n) is 10.3. The second kappa shape index (κ2) is 3.97. The summed E-state index contributed by atoms with van der Waals surface area (Å²) in [7, 11) is 0. The van der Waals surface area contributed by atoms with Gasteiger partial charge < -0.3 is 5.32 Å². The predicted octanol–water partition coefficient (Wildman–Crippen LogP) is 3.44. The molecule has 4 atom stereocenters. The Bertz CT molecular complexity index is 257. The molecule has 1 nitrogen and oxygen atoms in total. The fourth-order valence-electron chi connectivity index (χ4n) is 4.65. The SMILES string of the molecule is CC1(F)CC2CCC(N2)C1C1CCCCC1. The van der Waals surface area contributed by atoms with Gasteiger partial charge in [0.25, 0.3) is 0 Å². The van der Waals surface area contributed by atoms with Crippen molar-refractivity contribution in [2.24, 2.45) is 11.8 Å². The van der Waals surface area contributed by atoms with E-state index in [-0.39, 0.29) is 0 Å². The highest BCUT2D eigenvalue weighted by molar-refractivity contribution is 5.06. The molecule has 3 fully saturated rings. The fraction of sp³-hybridized carbons (Fsp3) is 1.00.